The number of hydrogen-bond acceptors (Lipinski definition) is 4. The molecule has 0 aliphatic rings. The smallest absolute Gasteiger partial charge is 0.274 e. The van der Waals surface area contributed by atoms with Gasteiger partial charge in [-0.05, 0) is 24.3 Å². The van der Waals surface area contributed by atoms with Crippen LogP contribution in [0.1, 0.15) is 12.5 Å². The Balaban J connectivity index is 1.97. The Morgan fingerprint density at radius 1 is 0.963 bits per heavy atom. The molecule has 27 heavy (non-hydrogen) atoms. The first-order valence-corrected chi connectivity index (χ1v) is 8.38. The Labute approximate surface area is 156 Å². The summed E-state index contributed by atoms with van der Waals surface area (Å²) in [4.78, 5) is 24.7. The number of amides is 1. The van der Waals surface area contributed by atoms with E-state index in [1.54, 1.807) is 36.4 Å². The summed E-state index contributed by atoms with van der Waals surface area (Å²) in [6.07, 6.45) is 0. The van der Waals surface area contributed by atoms with Crippen LogP contribution in [0.15, 0.2) is 78.9 Å². The summed E-state index contributed by atoms with van der Waals surface area (Å²) in [5.41, 5.74) is 0.976. The molecule has 6 heteroatoms. The van der Waals surface area contributed by atoms with Crippen LogP contribution in [-0.4, -0.2) is 10.8 Å². The van der Waals surface area contributed by atoms with E-state index in [-0.39, 0.29) is 18.1 Å². The highest BCUT2D eigenvalue weighted by molar-refractivity contribution is 5.93. The van der Waals surface area contributed by atoms with Gasteiger partial charge in [0.05, 0.1) is 17.2 Å². The number of nitro groups is 1. The van der Waals surface area contributed by atoms with Crippen LogP contribution in [0.25, 0.3) is 0 Å². The number of nitro benzene ring substituents is 1. The molecule has 0 aliphatic heterocycles. The number of para-hydroxylation sites is 4. The second-order valence-electron chi connectivity index (χ2n) is 5.87. The van der Waals surface area contributed by atoms with Crippen molar-refractivity contribution in [3.63, 3.8) is 0 Å². The number of benzene rings is 3. The number of hydrogen-bond donors (Lipinski definition) is 0. The van der Waals surface area contributed by atoms with Gasteiger partial charge in [-0.25, -0.2) is 0 Å². The molecule has 0 bridgehead atoms. The third-order valence-corrected chi connectivity index (χ3v) is 4.02. The van der Waals surface area contributed by atoms with Gasteiger partial charge in [-0.1, -0.05) is 48.5 Å². The zero-order chi connectivity index (χ0) is 19.2. The first-order chi connectivity index (χ1) is 13.1. The topological polar surface area (TPSA) is 72.7 Å². The summed E-state index contributed by atoms with van der Waals surface area (Å²) in [5.74, 6) is 0.897. The molecule has 3 aromatic carbocycles. The molecule has 0 fully saturated rings. The highest BCUT2D eigenvalue weighted by Gasteiger charge is 2.21. The lowest BCUT2D eigenvalue weighted by Gasteiger charge is -2.23. The van der Waals surface area contributed by atoms with Crippen molar-refractivity contribution >= 4 is 17.3 Å². The molecule has 136 valence electrons. The fraction of sp³-hybridized carbons (Fsp3) is 0.0952. The van der Waals surface area contributed by atoms with E-state index in [0.29, 0.717) is 22.7 Å². The second kappa shape index (κ2) is 8.14. The molecule has 0 unspecified atom stereocenters. The van der Waals surface area contributed by atoms with Crippen molar-refractivity contribution in [3.8, 4) is 11.5 Å². The fourth-order valence-corrected chi connectivity index (χ4v) is 2.74. The molecule has 0 heterocycles. The summed E-state index contributed by atoms with van der Waals surface area (Å²) >= 11 is 0. The van der Waals surface area contributed by atoms with Gasteiger partial charge in [-0.15, -0.1) is 0 Å². The van der Waals surface area contributed by atoms with E-state index in [1.165, 1.54) is 17.9 Å². The molecule has 3 aromatic rings. The third kappa shape index (κ3) is 4.30. The minimum Gasteiger partial charge on any atom is -0.455 e. The lowest BCUT2D eigenvalue weighted by molar-refractivity contribution is -0.385. The van der Waals surface area contributed by atoms with Gasteiger partial charge in [0.1, 0.15) is 5.75 Å². The quantitative estimate of drug-likeness (QED) is 0.460. The lowest BCUT2D eigenvalue weighted by Crippen LogP contribution is -2.28. The highest BCUT2D eigenvalue weighted by atomic mass is 16.6. The van der Waals surface area contributed by atoms with Crippen LogP contribution in [-0.2, 0) is 11.3 Å². The second-order valence-corrected chi connectivity index (χ2v) is 5.87. The Morgan fingerprint density at radius 3 is 2.30 bits per heavy atom. The lowest BCUT2D eigenvalue weighted by atomic mass is 10.1. The Bertz CT molecular complexity index is 957. The Morgan fingerprint density at radius 2 is 1.59 bits per heavy atom. The molecule has 0 saturated heterocycles. The summed E-state index contributed by atoms with van der Waals surface area (Å²) in [6, 6.07) is 22.7. The maximum absolute atomic E-state index is 12.3. The van der Waals surface area contributed by atoms with Crippen LogP contribution in [0.4, 0.5) is 11.4 Å². The Hall–Kier alpha value is -3.67. The van der Waals surface area contributed by atoms with Crippen LogP contribution in [0.3, 0.4) is 0 Å². The normalized spacial score (nSPS) is 10.3. The van der Waals surface area contributed by atoms with Crippen LogP contribution < -0.4 is 9.64 Å². The van der Waals surface area contributed by atoms with Crippen LogP contribution >= 0.6 is 0 Å². The summed E-state index contributed by atoms with van der Waals surface area (Å²) in [5, 5.41) is 11.3. The molecule has 6 nitrogen and oxygen atoms in total. The molecule has 1 amide bonds. The van der Waals surface area contributed by atoms with Crippen molar-refractivity contribution in [2.24, 2.45) is 0 Å². The molecule has 0 saturated carbocycles. The van der Waals surface area contributed by atoms with Gasteiger partial charge in [0.15, 0.2) is 5.75 Å². The minimum atomic E-state index is -0.444. The zero-order valence-electron chi connectivity index (χ0n) is 14.7. The van der Waals surface area contributed by atoms with Gasteiger partial charge in [0, 0.05) is 18.6 Å². The molecular formula is C21H18N2O4. The first kappa shape index (κ1) is 18.1. The van der Waals surface area contributed by atoms with E-state index < -0.39 is 4.92 Å². The number of anilines is 1. The van der Waals surface area contributed by atoms with Gasteiger partial charge in [0.25, 0.3) is 5.69 Å². The van der Waals surface area contributed by atoms with E-state index in [1.807, 2.05) is 36.4 Å². The van der Waals surface area contributed by atoms with Crippen LogP contribution in [0.5, 0.6) is 11.5 Å². The monoisotopic (exact) mass is 362 g/mol. The predicted octanol–water partition coefficient (Wildman–Crippen LogP) is 4.94. The van der Waals surface area contributed by atoms with Crippen molar-refractivity contribution < 1.29 is 14.5 Å². The average molecular weight is 362 g/mol. The van der Waals surface area contributed by atoms with Crippen molar-refractivity contribution in [2.45, 2.75) is 13.5 Å². The van der Waals surface area contributed by atoms with Gasteiger partial charge in [-0.2, -0.15) is 0 Å². The number of ether oxygens (including phenoxy) is 1. The first-order valence-electron chi connectivity index (χ1n) is 8.38. The van der Waals surface area contributed by atoms with Crippen LogP contribution in [0, 0.1) is 10.1 Å². The average Bonchev–Trinajstić information content (AvgIpc) is 2.67. The van der Waals surface area contributed by atoms with Gasteiger partial charge in [0.2, 0.25) is 5.91 Å². The van der Waals surface area contributed by atoms with Crippen molar-refractivity contribution in [1.82, 2.24) is 0 Å². The molecule has 0 aromatic heterocycles. The Kier molecular flexibility index (Phi) is 5.47. The molecule has 0 N–H and O–H groups in total. The van der Waals surface area contributed by atoms with E-state index >= 15 is 0 Å². The van der Waals surface area contributed by atoms with Crippen LogP contribution in [0.2, 0.25) is 0 Å². The maximum Gasteiger partial charge on any atom is 0.274 e. The largest absolute Gasteiger partial charge is 0.455 e. The van der Waals surface area contributed by atoms with Gasteiger partial charge >= 0.3 is 0 Å². The van der Waals surface area contributed by atoms with E-state index in [0.717, 1.165) is 0 Å². The summed E-state index contributed by atoms with van der Waals surface area (Å²) in [6.45, 7) is 1.50. The highest BCUT2D eigenvalue weighted by Crippen LogP contribution is 2.34. The minimum absolute atomic E-state index is 0.0230. The molecule has 0 aliphatic carbocycles. The SMILES string of the molecule is CC(=O)N(Cc1ccccc1[N+](=O)[O-])c1ccccc1Oc1ccccc1. The molecular weight excluding hydrogens is 344 g/mol. The summed E-state index contributed by atoms with van der Waals surface area (Å²) in [7, 11) is 0. The van der Waals surface area contributed by atoms with Crippen molar-refractivity contribution in [3.05, 3.63) is 94.5 Å². The fourth-order valence-electron chi connectivity index (χ4n) is 2.74. The van der Waals surface area contributed by atoms with E-state index in [2.05, 4.69) is 0 Å². The molecule has 0 spiro atoms. The molecule has 0 atom stereocenters. The standard InChI is InChI=1S/C21H18N2O4/c1-16(24)22(15-17-9-5-6-12-19(17)23(25)26)20-13-7-8-14-21(20)27-18-10-3-2-4-11-18/h2-14H,15H2,1H3. The summed E-state index contributed by atoms with van der Waals surface area (Å²) < 4.78 is 5.93. The third-order valence-electron chi connectivity index (χ3n) is 4.02. The number of carbonyl (C=O) groups excluding carboxylic acids is 1. The number of carbonyl (C=O) groups is 1. The number of nitrogens with zero attached hydrogens (tertiary/aromatic N) is 2. The zero-order valence-corrected chi connectivity index (χ0v) is 14.7. The van der Waals surface area contributed by atoms with E-state index in [9.17, 15) is 14.9 Å². The van der Waals surface area contributed by atoms with E-state index in [4.69, 9.17) is 4.74 Å². The molecule has 0 radical (unpaired) electrons. The van der Waals surface area contributed by atoms with Gasteiger partial charge in [-0.3, -0.25) is 14.9 Å². The number of rotatable bonds is 6. The molecule has 3 rings (SSSR count). The predicted molar refractivity (Wildman–Crippen MR) is 103 cm³/mol. The van der Waals surface area contributed by atoms with Gasteiger partial charge < -0.3 is 9.64 Å². The van der Waals surface area contributed by atoms with Crippen molar-refractivity contribution in [1.29, 1.82) is 0 Å². The van der Waals surface area contributed by atoms with Crippen molar-refractivity contribution in [2.75, 3.05) is 4.90 Å². The maximum atomic E-state index is 12.3.